The van der Waals surface area contributed by atoms with Crippen LogP contribution in [0, 0.1) is 5.92 Å². The van der Waals surface area contributed by atoms with E-state index in [1.54, 1.807) is 19.1 Å². The van der Waals surface area contributed by atoms with Crippen LogP contribution in [-0.2, 0) is 27.7 Å². The monoisotopic (exact) mass is 484 g/mol. The van der Waals surface area contributed by atoms with Crippen LogP contribution in [0.25, 0.3) is 0 Å². The normalized spacial score (nSPS) is 21.6. The van der Waals surface area contributed by atoms with E-state index in [1.165, 1.54) is 34.6 Å². The second kappa shape index (κ2) is 8.53. The lowest BCUT2D eigenvalue weighted by Gasteiger charge is -2.40. The third kappa shape index (κ3) is 4.79. The summed E-state index contributed by atoms with van der Waals surface area (Å²) in [6, 6.07) is 10.00. The van der Waals surface area contributed by atoms with Crippen LogP contribution in [0.4, 0.5) is 18.9 Å². The number of halogens is 3. The summed E-state index contributed by atoms with van der Waals surface area (Å²) < 4.78 is 69.4. The Morgan fingerprint density at radius 3 is 2.39 bits per heavy atom. The van der Waals surface area contributed by atoms with Crippen LogP contribution in [-0.4, -0.2) is 55.8 Å². The van der Waals surface area contributed by atoms with Crippen molar-refractivity contribution in [3.05, 3.63) is 53.6 Å². The van der Waals surface area contributed by atoms with Gasteiger partial charge in [0, 0.05) is 31.4 Å². The van der Waals surface area contributed by atoms with Crippen molar-refractivity contribution in [1.82, 2.24) is 4.31 Å². The van der Waals surface area contributed by atoms with E-state index in [1.807, 2.05) is 4.90 Å². The molecular weight excluding hydrogens is 461 g/mol. The molecule has 0 aromatic heterocycles. The zero-order chi connectivity index (χ0) is 24.0. The van der Waals surface area contributed by atoms with Crippen molar-refractivity contribution in [3.8, 4) is 5.75 Å². The van der Waals surface area contributed by atoms with Crippen molar-refractivity contribution in [2.24, 2.45) is 5.92 Å². The maximum absolute atomic E-state index is 13.5. The smallest absolute Gasteiger partial charge is 0.481 e. The van der Waals surface area contributed by atoms with Gasteiger partial charge >= 0.3 is 12.3 Å². The summed E-state index contributed by atoms with van der Waals surface area (Å²) in [4.78, 5) is 13.5. The molecule has 1 N–H and O–H groups in total. The second-order valence-corrected chi connectivity index (χ2v) is 10.1. The lowest BCUT2D eigenvalue weighted by atomic mass is 10.1. The van der Waals surface area contributed by atoms with Gasteiger partial charge in [-0.3, -0.25) is 4.79 Å². The molecule has 4 rings (SSSR count). The molecule has 178 valence electrons. The Bertz CT molecular complexity index is 1150. The first-order valence-corrected chi connectivity index (χ1v) is 11.9. The predicted octanol–water partition coefficient (Wildman–Crippen LogP) is 3.28. The van der Waals surface area contributed by atoms with E-state index < -0.39 is 34.3 Å². The van der Waals surface area contributed by atoms with Crippen LogP contribution in [0.1, 0.15) is 18.1 Å². The predicted molar refractivity (Wildman–Crippen MR) is 114 cm³/mol. The molecule has 0 bridgehead atoms. The summed E-state index contributed by atoms with van der Waals surface area (Å²) in [6.45, 7) is 2.67. The van der Waals surface area contributed by atoms with Crippen LogP contribution in [0.3, 0.4) is 0 Å². The molecule has 0 spiro atoms. The first kappa shape index (κ1) is 23.4. The molecule has 7 nitrogen and oxygen atoms in total. The van der Waals surface area contributed by atoms with Gasteiger partial charge in [0.05, 0.1) is 10.8 Å². The quantitative estimate of drug-likeness (QED) is 0.701. The number of nitrogens with zero attached hydrogens (tertiary/aromatic N) is 2. The minimum absolute atomic E-state index is 0.151. The van der Waals surface area contributed by atoms with Crippen molar-refractivity contribution in [3.63, 3.8) is 0 Å². The molecular formula is C22H23F3N2O5S. The summed E-state index contributed by atoms with van der Waals surface area (Å²) in [5.41, 5.74) is 1.98. The van der Waals surface area contributed by atoms with Crippen LogP contribution < -0.4 is 9.64 Å². The van der Waals surface area contributed by atoms with Crippen LogP contribution in [0.2, 0.25) is 0 Å². The molecule has 0 radical (unpaired) electrons. The number of carboxylic acids is 1. The molecule has 2 aliphatic rings. The fraction of sp³-hybridized carbons (Fsp3) is 0.409. The van der Waals surface area contributed by atoms with Crippen molar-refractivity contribution < 1.29 is 36.2 Å². The first-order chi connectivity index (χ1) is 15.5. The third-order valence-electron chi connectivity index (χ3n) is 6.08. The maximum Gasteiger partial charge on any atom is 0.573 e. The topological polar surface area (TPSA) is 87.2 Å². The lowest BCUT2D eigenvalue weighted by molar-refractivity contribution is -0.274. The van der Waals surface area contributed by atoms with Crippen molar-refractivity contribution in [2.75, 3.05) is 24.5 Å². The molecule has 2 aromatic carbocycles. The number of hydrogen-bond acceptors (Lipinski definition) is 5. The number of benzene rings is 2. The summed E-state index contributed by atoms with van der Waals surface area (Å²) in [5, 5.41) is 9.35. The molecule has 11 heteroatoms. The maximum atomic E-state index is 13.5. The highest BCUT2D eigenvalue weighted by Crippen LogP contribution is 2.35. The molecule has 1 fully saturated rings. The van der Waals surface area contributed by atoms with Gasteiger partial charge < -0.3 is 14.7 Å². The van der Waals surface area contributed by atoms with E-state index in [4.69, 9.17) is 0 Å². The summed E-state index contributed by atoms with van der Waals surface area (Å²) in [5.74, 6) is -1.89. The fourth-order valence-corrected chi connectivity index (χ4v) is 6.44. The van der Waals surface area contributed by atoms with Gasteiger partial charge in [0.25, 0.3) is 0 Å². The number of aliphatic carboxylic acids is 1. The van der Waals surface area contributed by atoms with E-state index in [0.29, 0.717) is 30.8 Å². The number of ether oxygens (including phenoxy) is 1. The number of piperazine rings is 1. The number of hydrogen-bond donors (Lipinski definition) is 1. The van der Waals surface area contributed by atoms with Gasteiger partial charge in [-0.25, -0.2) is 8.42 Å². The average Bonchev–Trinajstić information content (AvgIpc) is 3.17. The largest absolute Gasteiger partial charge is 0.573 e. The van der Waals surface area contributed by atoms with Crippen LogP contribution >= 0.6 is 0 Å². The Balaban J connectivity index is 1.50. The number of alkyl halides is 3. The van der Waals surface area contributed by atoms with Crippen molar-refractivity contribution in [2.45, 2.75) is 37.1 Å². The average molecular weight is 484 g/mol. The molecule has 1 aliphatic carbocycles. The number of sulfonamides is 1. The Labute approximate surface area is 189 Å². The standard InChI is InChI=1S/C22H23F3N2O5S/c1-14-13-26(17-5-7-18(8-6-17)32-22(23,24)25)9-10-27(14)33(30,31)20-4-2-3-15-11-16(21(28)29)12-19(15)20/h2-8,14,16H,9-13H2,1H3,(H,28,29). The van der Waals surface area contributed by atoms with Gasteiger partial charge in [-0.2, -0.15) is 4.31 Å². The van der Waals surface area contributed by atoms with Gasteiger partial charge in [-0.1, -0.05) is 12.1 Å². The zero-order valence-electron chi connectivity index (χ0n) is 17.7. The summed E-state index contributed by atoms with van der Waals surface area (Å²) in [7, 11) is -3.85. The van der Waals surface area contributed by atoms with E-state index in [0.717, 1.165) is 5.56 Å². The van der Waals surface area contributed by atoms with Gasteiger partial charge in [-0.15, -0.1) is 13.2 Å². The van der Waals surface area contributed by atoms with Crippen LogP contribution in [0.5, 0.6) is 5.75 Å². The molecule has 2 aromatic rings. The minimum atomic E-state index is -4.77. The van der Waals surface area contributed by atoms with Crippen molar-refractivity contribution in [1.29, 1.82) is 0 Å². The molecule has 1 heterocycles. The summed E-state index contributed by atoms with van der Waals surface area (Å²) >= 11 is 0. The highest BCUT2D eigenvalue weighted by atomic mass is 32.2. The van der Waals surface area contributed by atoms with Gasteiger partial charge in [0.2, 0.25) is 10.0 Å². The minimum Gasteiger partial charge on any atom is -0.481 e. The SMILES string of the molecule is CC1CN(c2ccc(OC(F)(F)F)cc2)CCN1S(=O)(=O)c1cccc2c1CC(C(=O)O)C2. The Morgan fingerprint density at radius 2 is 1.79 bits per heavy atom. The number of carboxylic acid groups (broad SMARTS) is 1. The molecule has 1 saturated heterocycles. The molecule has 2 unspecified atom stereocenters. The van der Waals surface area contributed by atoms with Gasteiger partial charge in [0.15, 0.2) is 0 Å². The molecule has 0 amide bonds. The highest BCUT2D eigenvalue weighted by molar-refractivity contribution is 7.89. The Hall–Kier alpha value is -2.79. The number of fused-ring (bicyclic) bond motifs is 1. The van der Waals surface area contributed by atoms with Crippen LogP contribution in [0.15, 0.2) is 47.4 Å². The fourth-order valence-electron chi connectivity index (χ4n) is 4.55. The number of anilines is 1. The number of carbonyl (C=O) groups is 1. The van der Waals surface area contributed by atoms with E-state index in [2.05, 4.69) is 4.74 Å². The summed E-state index contributed by atoms with van der Waals surface area (Å²) in [6.07, 6.45) is -4.27. The van der Waals surface area contributed by atoms with Crippen molar-refractivity contribution >= 4 is 21.7 Å². The zero-order valence-corrected chi connectivity index (χ0v) is 18.6. The van der Waals surface area contributed by atoms with E-state index in [9.17, 15) is 31.5 Å². The Kier molecular flexibility index (Phi) is 6.04. The van der Waals surface area contributed by atoms with Gasteiger partial charge in [-0.05, 0) is 61.2 Å². The molecule has 1 aliphatic heterocycles. The molecule has 33 heavy (non-hydrogen) atoms. The Morgan fingerprint density at radius 1 is 1.09 bits per heavy atom. The number of rotatable bonds is 5. The third-order valence-corrected chi connectivity index (χ3v) is 8.18. The molecule has 2 atom stereocenters. The van der Waals surface area contributed by atoms with Gasteiger partial charge in [0.1, 0.15) is 5.75 Å². The van der Waals surface area contributed by atoms with E-state index in [-0.39, 0.29) is 23.6 Å². The van der Waals surface area contributed by atoms with E-state index >= 15 is 0 Å². The first-order valence-electron chi connectivity index (χ1n) is 10.4. The second-order valence-electron chi connectivity index (χ2n) is 8.29. The molecule has 0 saturated carbocycles. The highest BCUT2D eigenvalue weighted by Gasteiger charge is 2.38. The lowest BCUT2D eigenvalue weighted by Crippen LogP contribution is -2.54.